The van der Waals surface area contributed by atoms with Gasteiger partial charge in [-0.15, -0.1) is 0 Å². The van der Waals surface area contributed by atoms with Gasteiger partial charge >= 0.3 is 0 Å². The highest BCUT2D eigenvalue weighted by Crippen LogP contribution is 2.18. The zero-order chi connectivity index (χ0) is 16.8. The third-order valence-corrected chi connectivity index (χ3v) is 3.85. The van der Waals surface area contributed by atoms with Crippen molar-refractivity contribution in [1.29, 1.82) is 5.26 Å². The van der Waals surface area contributed by atoms with Crippen LogP contribution in [0.5, 0.6) is 0 Å². The first-order valence-electron chi connectivity index (χ1n) is 7.28. The number of carbonyl (C=O) groups excluding carboxylic acids is 1. The molecule has 0 aliphatic rings. The number of hydrogen-bond donors (Lipinski definition) is 1. The Morgan fingerprint density at radius 1 is 1.22 bits per heavy atom. The van der Waals surface area contributed by atoms with Crippen LogP contribution in [0, 0.1) is 11.3 Å². The number of nitrogens with zero attached hydrogens (tertiary/aromatic N) is 1. The quantitative estimate of drug-likeness (QED) is 0.601. The van der Waals surface area contributed by atoms with Crippen molar-refractivity contribution in [3.63, 3.8) is 0 Å². The summed E-state index contributed by atoms with van der Waals surface area (Å²) in [5, 5.41) is 12.0. The van der Waals surface area contributed by atoms with Gasteiger partial charge in [0.1, 0.15) is 11.6 Å². The topological polar surface area (TPSA) is 52.9 Å². The molecule has 0 fully saturated rings. The van der Waals surface area contributed by atoms with Crippen LogP contribution in [0.1, 0.15) is 30.9 Å². The molecular weight excluding hydrogens is 352 g/mol. The Hall–Kier alpha value is -2.38. The molecule has 2 aromatic rings. The summed E-state index contributed by atoms with van der Waals surface area (Å²) in [6, 6.07) is 17.1. The van der Waals surface area contributed by atoms with E-state index in [0.717, 1.165) is 10.0 Å². The molecule has 0 saturated heterocycles. The molecular formula is C19H17BrN2O. The Morgan fingerprint density at radius 3 is 2.48 bits per heavy atom. The van der Waals surface area contributed by atoms with Crippen molar-refractivity contribution < 1.29 is 4.79 Å². The van der Waals surface area contributed by atoms with Gasteiger partial charge in [-0.05, 0) is 41.3 Å². The average Bonchev–Trinajstić information content (AvgIpc) is 2.53. The number of benzene rings is 2. The van der Waals surface area contributed by atoms with Crippen LogP contribution in [-0.2, 0) is 4.79 Å². The van der Waals surface area contributed by atoms with Gasteiger partial charge in [-0.3, -0.25) is 4.79 Å². The smallest absolute Gasteiger partial charge is 0.266 e. The lowest BCUT2D eigenvalue weighted by Crippen LogP contribution is -2.13. The number of nitrogens with one attached hydrogen (secondary N) is 1. The summed E-state index contributed by atoms with van der Waals surface area (Å²) in [5.74, 6) is 0.0295. The van der Waals surface area contributed by atoms with Crippen LogP contribution in [-0.4, -0.2) is 5.91 Å². The summed E-state index contributed by atoms with van der Waals surface area (Å²) >= 11 is 3.35. The van der Waals surface area contributed by atoms with E-state index >= 15 is 0 Å². The molecule has 2 aromatic carbocycles. The third kappa shape index (κ3) is 4.80. The summed E-state index contributed by atoms with van der Waals surface area (Å²) in [4.78, 5) is 12.2. The zero-order valence-corrected chi connectivity index (χ0v) is 14.6. The van der Waals surface area contributed by atoms with Crippen LogP contribution in [0.2, 0.25) is 0 Å². The number of carbonyl (C=O) groups is 1. The van der Waals surface area contributed by atoms with E-state index in [0.29, 0.717) is 11.6 Å². The molecule has 3 nitrogen and oxygen atoms in total. The van der Waals surface area contributed by atoms with Crippen molar-refractivity contribution in [2.24, 2.45) is 0 Å². The van der Waals surface area contributed by atoms with E-state index < -0.39 is 5.91 Å². The van der Waals surface area contributed by atoms with E-state index in [-0.39, 0.29) is 5.57 Å². The molecule has 23 heavy (non-hydrogen) atoms. The van der Waals surface area contributed by atoms with Crippen molar-refractivity contribution in [2.45, 2.75) is 19.8 Å². The highest BCUT2D eigenvalue weighted by molar-refractivity contribution is 9.10. The van der Waals surface area contributed by atoms with E-state index in [1.807, 2.05) is 42.5 Å². The number of rotatable bonds is 4. The molecule has 0 radical (unpaired) electrons. The Bertz CT molecular complexity index is 771. The maximum atomic E-state index is 12.2. The third-order valence-electron chi connectivity index (χ3n) is 3.36. The van der Waals surface area contributed by atoms with E-state index in [9.17, 15) is 10.1 Å². The first-order chi connectivity index (χ1) is 11.0. The van der Waals surface area contributed by atoms with Gasteiger partial charge in [0.25, 0.3) is 5.91 Å². The normalized spacial score (nSPS) is 11.2. The summed E-state index contributed by atoms with van der Waals surface area (Å²) in [6.45, 7) is 4.24. The van der Waals surface area contributed by atoms with Crippen LogP contribution in [0.25, 0.3) is 6.08 Å². The maximum absolute atomic E-state index is 12.2. The van der Waals surface area contributed by atoms with Gasteiger partial charge in [0.15, 0.2) is 0 Å². The Morgan fingerprint density at radius 2 is 1.91 bits per heavy atom. The fourth-order valence-corrected chi connectivity index (χ4v) is 2.46. The molecule has 0 heterocycles. The van der Waals surface area contributed by atoms with Crippen molar-refractivity contribution >= 4 is 33.6 Å². The minimum absolute atomic E-state index is 0.0715. The highest BCUT2D eigenvalue weighted by Gasteiger charge is 2.10. The van der Waals surface area contributed by atoms with Gasteiger partial charge in [0.2, 0.25) is 0 Å². The predicted octanol–water partition coefficient (Wildman–Crippen LogP) is 5.12. The lowest BCUT2D eigenvalue weighted by atomic mass is 10.0. The van der Waals surface area contributed by atoms with Gasteiger partial charge in [-0.2, -0.15) is 5.26 Å². The first kappa shape index (κ1) is 17.0. The van der Waals surface area contributed by atoms with Crippen LogP contribution >= 0.6 is 15.9 Å². The van der Waals surface area contributed by atoms with E-state index in [1.165, 1.54) is 5.56 Å². The van der Waals surface area contributed by atoms with Gasteiger partial charge in [0.05, 0.1) is 0 Å². The second kappa shape index (κ2) is 7.75. The summed E-state index contributed by atoms with van der Waals surface area (Å²) in [6.07, 6.45) is 1.59. The summed E-state index contributed by atoms with van der Waals surface area (Å²) < 4.78 is 0.863. The number of anilines is 1. The highest BCUT2D eigenvalue weighted by atomic mass is 79.9. The molecule has 0 aliphatic carbocycles. The number of amides is 1. The molecule has 0 bridgehead atoms. The lowest BCUT2D eigenvalue weighted by Gasteiger charge is -2.06. The molecule has 0 unspecified atom stereocenters. The van der Waals surface area contributed by atoms with Crippen LogP contribution in [0.15, 0.2) is 58.6 Å². The number of hydrogen-bond acceptors (Lipinski definition) is 2. The Balaban J connectivity index is 2.18. The molecule has 0 aromatic heterocycles. The van der Waals surface area contributed by atoms with E-state index in [2.05, 4.69) is 35.1 Å². The second-order valence-corrected chi connectivity index (χ2v) is 6.37. The molecule has 0 spiro atoms. The molecule has 4 heteroatoms. The molecule has 0 aliphatic heterocycles. The standard InChI is InChI=1S/C19H17BrN2O/c1-13(2)15-8-6-14(7-9-15)10-16(12-21)19(23)22-18-5-3-4-17(20)11-18/h3-11,13H,1-2H3,(H,22,23)/b16-10+. The average molecular weight is 369 g/mol. The SMILES string of the molecule is CC(C)c1ccc(/C=C(\C#N)C(=O)Nc2cccc(Br)c2)cc1. The van der Waals surface area contributed by atoms with Crippen molar-refractivity contribution in [3.8, 4) is 6.07 Å². The number of halogens is 1. The maximum Gasteiger partial charge on any atom is 0.266 e. The van der Waals surface area contributed by atoms with Gasteiger partial charge in [0, 0.05) is 10.2 Å². The van der Waals surface area contributed by atoms with Gasteiger partial charge in [-0.1, -0.05) is 60.1 Å². The molecule has 0 saturated carbocycles. The van der Waals surface area contributed by atoms with Gasteiger partial charge < -0.3 is 5.32 Å². The van der Waals surface area contributed by atoms with Crippen LogP contribution in [0.3, 0.4) is 0 Å². The van der Waals surface area contributed by atoms with Crippen molar-refractivity contribution in [3.05, 3.63) is 69.7 Å². The summed E-state index contributed by atoms with van der Waals surface area (Å²) in [5.41, 5.74) is 2.76. The molecule has 1 N–H and O–H groups in total. The fraction of sp³-hybridized carbons (Fsp3) is 0.158. The van der Waals surface area contributed by atoms with Crippen LogP contribution in [0.4, 0.5) is 5.69 Å². The van der Waals surface area contributed by atoms with Crippen molar-refractivity contribution in [1.82, 2.24) is 0 Å². The van der Waals surface area contributed by atoms with Gasteiger partial charge in [-0.25, -0.2) is 0 Å². The molecule has 1 amide bonds. The Kier molecular flexibility index (Phi) is 5.72. The lowest BCUT2D eigenvalue weighted by molar-refractivity contribution is -0.112. The minimum atomic E-state index is -0.418. The molecule has 0 atom stereocenters. The zero-order valence-electron chi connectivity index (χ0n) is 13.0. The monoisotopic (exact) mass is 368 g/mol. The van der Waals surface area contributed by atoms with Crippen LogP contribution < -0.4 is 5.32 Å². The number of nitriles is 1. The second-order valence-electron chi connectivity index (χ2n) is 5.46. The van der Waals surface area contributed by atoms with Crippen molar-refractivity contribution in [2.75, 3.05) is 5.32 Å². The largest absolute Gasteiger partial charge is 0.321 e. The fourth-order valence-electron chi connectivity index (χ4n) is 2.06. The minimum Gasteiger partial charge on any atom is -0.321 e. The van der Waals surface area contributed by atoms with E-state index in [4.69, 9.17) is 0 Å². The molecule has 116 valence electrons. The Labute approximate surface area is 144 Å². The summed E-state index contributed by atoms with van der Waals surface area (Å²) in [7, 11) is 0. The molecule has 2 rings (SSSR count). The predicted molar refractivity (Wildman–Crippen MR) is 96.9 cm³/mol. The van der Waals surface area contributed by atoms with E-state index in [1.54, 1.807) is 18.2 Å². The first-order valence-corrected chi connectivity index (χ1v) is 8.07.